The van der Waals surface area contributed by atoms with Crippen LogP contribution in [-0.4, -0.2) is 36.5 Å². The molecule has 1 amide bonds. The van der Waals surface area contributed by atoms with Gasteiger partial charge >= 0.3 is 0 Å². The third-order valence-corrected chi connectivity index (χ3v) is 3.68. The Kier molecular flexibility index (Phi) is 6.69. The fourth-order valence-electron chi connectivity index (χ4n) is 2.04. The van der Waals surface area contributed by atoms with Gasteiger partial charge in [0.1, 0.15) is 5.75 Å². The first-order valence-electron chi connectivity index (χ1n) is 7.55. The highest BCUT2D eigenvalue weighted by Gasteiger charge is 2.20. The van der Waals surface area contributed by atoms with E-state index in [4.69, 9.17) is 10.5 Å². The predicted octanol–water partition coefficient (Wildman–Crippen LogP) is 2.59. The number of hydrogen-bond donors (Lipinski definition) is 1. The van der Waals surface area contributed by atoms with Gasteiger partial charge in [0.2, 0.25) is 0 Å². The van der Waals surface area contributed by atoms with Gasteiger partial charge in [-0.15, -0.1) is 0 Å². The van der Waals surface area contributed by atoms with Crippen molar-refractivity contribution in [2.75, 3.05) is 13.6 Å². The number of amides is 1. The molecule has 4 heteroatoms. The SMILES string of the molecule is Cc1cccc(OC(C)C(=O)N(C)CCC(N)C(C)C)c1. The molecule has 118 valence electrons. The van der Waals surface area contributed by atoms with Gasteiger partial charge in [-0.2, -0.15) is 0 Å². The van der Waals surface area contributed by atoms with Gasteiger partial charge in [0, 0.05) is 19.6 Å². The number of nitrogens with zero attached hydrogens (tertiary/aromatic N) is 1. The number of hydrogen-bond acceptors (Lipinski definition) is 3. The van der Waals surface area contributed by atoms with E-state index >= 15 is 0 Å². The predicted molar refractivity (Wildman–Crippen MR) is 86.3 cm³/mol. The van der Waals surface area contributed by atoms with Crippen molar-refractivity contribution >= 4 is 5.91 Å². The number of carbonyl (C=O) groups is 1. The first kappa shape index (κ1) is 17.5. The Morgan fingerprint density at radius 3 is 2.57 bits per heavy atom. The average molecular weight is 292 g/mol. The molecule has 1 aromatic carbocycles. The van der Waals surface area contributed by atoms with E-state index in [1.54, 1.807) is 18.9 Å². The van der Waals surface area contributed by atoms with Crippen LogP contribution in [0, 0.1) is 12.8 Å². The van der Waals surface area contributed by atoms with Crippen molar-refractivity contribution < 1.29 is 9.53 Å². The molecule has 4 nitrogen and oxygen atoms in total. The smallest absolute Gasteiger partial charge is 0.263 e. The third-order valence-electron chi connectivity index (χ3n) is 3.68. The lowest BCUT2D eigenvalue weighted by molar-refractivity contribution is -0.136. The highest BCUT2D eigenvalue weighted by atomic mass is 16.5. The van der Waals surface area contributed by atoms with Crippen LogP contribution in [0.5, 0.6) is 5.75 Å². The molecule has 0 aliphatic carbocycles. The lowest BCUT2D eigenvalue weighted by atomic mass is 10.0. The molecular formula is C17H28N2O2. The van der Waals surface area contributed by atoms with Crippen LogP contribution in [0.1, 0.15) is 32.8 Å². The van der Waals surface area contributed by atoms with E-state index in [0.717, 1.165) is 17.7 Å². The molecule has 0 spiro atoms. The summed E-state index contributed by atoms with van der Waals surface area (Å²) in [5.41, 5.74) is 7.13. The lowest BCUT2D eigenvalue weighted by Gasteiger charge is -2.24. The highest BCUT2D eigenvalue weighted by Crippen LogP contribution is 2.15. The fourth-order valence-corrected chi connectivity index (χ4v) is 2.04. The van der Waals surface area contributed by atoms with Gasteiger partial charge in [-0.25, -0.2) is 0 Å². The minimum absolute atomic E-state index is 0.0209. The average Bonchev–Trinajstić information content (AvgIpc) is 2.43. The molecule has 0 aromatic heterocycles. The zero-order chi connectivity index (χ0) is 16.0. The number of rotatable bonds is 7. The molecule has 0 saturated heterocycles. The van der Waals surface area contributed by atoms with Crippen molar-refractivity contribution in [3.8, 4) is 5.75 Å². The molecular weight excluding hydrogens is 264 g/mol. The third kappa shape index (κ3) is 5.76. The van der Waals surface area contributed by atoms with Crippen LogP contribution in [0.2, 0.25) is 0 Å². The van der Waals surface area contributed by atoms with Crippen LogP contribution in [0.3, 0.4) is 0 Å². The molecule has 0 heterocycles. The highest BCUT2D eigenvalue weighted by molar-refractivity contribution is 5.80. The van der Waals surface area contributed by atoms with Crippen molar-refractivity contribution in [2.45, 2.75) is 46.3 Å². The summed E-state index contributed by atoms with van der Waals surface area (Å²) in [7, 11) is 1.80. The zero-order valence-electron chi connectivity index (χ0n) is 13.8. The summed E-state index contributed by atoms with van der Waals surface area (Å²) in [6, 6.07) is 7.84. The van der Waals surface area contributed by atoms with Gasteiger partial charge in [0.25, 0.3) is 5.91 Å². The van der Waals surface area contributed by atoms with Crippen molar-refractivity contribution in [2.24, 2.45) is 11.7 Å². The molecule has 0 bridgehead atoms. The molecule has 2 unspecified atom stereocenters. The van der Waals surface area contributed by atoms with E-state index < -0.39 is 6.10 Å². The lowest BCUT2D eigenvalue weighted by Crippen LogP contribution is -2.40. The Bertz CT molecular complexity index is 460. The van der Waals surface area contributed by atoms with Gasteiger partial charge in [-0.3, -0.25) is 4.79 Å². The second-order valence-electron chi connectivity index (χ2n) is 6.03. The summed E-state index contributed by atoms with van der Waals surface area (Å²) < 4.78 is 5.71. The number of ether oxygens (including phenoxy) is 1. The molecule has 0 fully saturated rings. The number of nitrogens with two attached hydrogens (primary N) is 1. The van der Waals surface area contributed by atoms with Gasteiger partial charge in [-0.05, 0) is 43.9 Å². The van der Waals surface area contributed by atoms with Crippen molar-refractivity contribution in [3.63, 3.8) is 0 Å². The second kappa shape index (κ2) is 8.03. The van der Waals surface area contributed by atoms with Crippen LogP contribution in [0.4, 0.5) is 0 Å². The molecule has 1 aromatic rings. The largest absolute Gasteiger partial charge is 0.481 e. The van der Waals surface area contributed by atoms with E-state index in [-0.39, 0.29) is 11.9 Å². The molecule has 0 aliphatic heterocycles. The molecule has 1 rings (SSSR count). The van der Waals surface area contributed by atoms with E-state index in [1.165, 1.54) is 0 Å². The monoisotopic (exact) mass is 292 g/mol. The summed E-state index contributed by atoms with van der Waals surface area (Å²) in [4.78, 5) is 14.0. The van der Waals surface area contributed by atoms with Crippen LogP contribution in [0.15, 0.2) is 24.3 Å². The van der Waals surface area contributed by atoms with E-state index in [2.05, 4.69) is 13.8 Å². The second-order valence-corrected chi connectivity index (χ2v) is 6.03. The normalized spacial score (nSPS) is 13.9. The Hall–Kier alpha value is -1.55. The Morgan fingerprint density at radius 1 is 1.33 bits per heavy atom. The van der Waals surface area contributed by atoms with Crippen LogP contribution in [0.25, 0.3) is 0 Å². The molecule has 2 atom stereocenters. The molecule has 2 N–H and O–H groups in total. The standard InChI is InChI=1S/C17H28N2O2/c1-12(2)16(18)9-10-19(5)17(20)14(4)21-15-8-6-7-13(3)11-15/h6-8,11-12,14,16H,9-10,18H2,1-5H3. The summed E-state index contributed by atoms with van der Waals surface area (Å²) >= 11 is 0. The molecule has 0 radical (unpaired) electrons. The van der Waals surface area contributed by atoms with Gasteiger partial charge in [0.05, 0.1) is 0 Å². The molecule has 0 aliphatic rings. The Morgan fingerprint density at radius 2 is 2.00 bits per heavy atom. The molecule has 21 heavy (non-hydrogen) atoms. The molecule has 0 saturated carbocycles. The first-order valence-corrected chi connectivity index (χ1v) is 7.55. The summed E-state index contributed by atoms with van der Waals surface area (Å²) in [6.45, 7) is 8.62. The van der Waals surface area contributed by atoms with E-state index in [9.17, 15) is 4.79 Å². The quantitative estimate of drug-likeness (QED) is 0.840. The summed E-state index contributed by atoms with van der Waals surface area (Å²) in [5.74, 6) is 1.13. The Balaban J connectivity index is 2.49. The van der Waals surface area contributed by atoms with Gasteiger partial charge in [-0.1, -0.05) is 26.0 Å². The summed E-state index contributed by atoms with van der Waals surface area (Å²) in [5, 5.41) is 0. The maximum Gasteiger partial charge on any atom is 0.263 e. The van der Waals surface area contributed by atoms with Crippen molar-refractivity contribution in [1.82, 2.24) is 4.90 Å². The maximum atomic E-state index is 12.3. The van der Waals surface area contributed by atoms with Crippen molar-refractivity contribution in [3.05, 3.63) is 29.8 Å². The maximum absolute atomic E-state index is 12.3. The van der Waals surface area contributed by atoms with Gasteiger partial charge in [0.15, 0.2) is 6.10 Å². The van der Waals surface area contributed by atoms with Gasteiger partial charge < -0.3 is 15.4 Å². The number of likely N-dealkylation sites (N-methyl/N-ethyl adjacent to an activating group) is 1. The minimum Gasteiger partial charge on any atom is -0.481 e. The fraction of sp³-hybridized carbons (Fsp3) is 0.588. The minimum atomic E-state index is -0.493. The first-order chi connectivity index (χ1) is 9.81. The van der Waals surface area contributed by atoms with Crippen LogP contribution < -0.4 is 10.5 Å². The number of carbonyl (C=O) groups excluding carboxylic acids is 1. The van der Waals surface area contributed by atoms with Crippen LogP contribution >= 0.6 is 0 Å². The van der Waals surface area contributed by atoms with Crippen LogP contribution in [-0.2, 0) is 4.79 Å². The van der Waals surface area contributed by atoms with E-state index in [0.29, 0.717) is 12.5 Å². The summed E-state index contributed by atoms with van der Waals surface area (Å²) in [6.07, 6.45) is 0.309. The zero-order valence-corrected chi connectivity index (χ0v) is 13.8. The van der Waals surface area contributed by atoms with E-state index in [1.807, 2.05) is 31.2 Å². The number of benzene rings is 1. The Labute approximate surface area is 128 Å². The topological polar surface area (TPSA) is 55.6 Å². The van der Waals surface area contributed by atoms with Crippen molar-refractivity contribution in [1.29, 1.82) is 0 Å². The number of aryl methyl sites for hydroxylation is 1.